The van der Waals surface area contributed by atoms with E-state index in [0.717, 1.165) is 0 Å². The SMILES string of the molecule is [CH2]c1c(F)c(F)c(COCC#CC)c(F)c1F. The lowest BCUT2D eigenvalue weighted by Gasteiger charge is -2.09. The summed E-state index contributed by atoms with van der Waals surface area (Å²) in [6, 6.07) is 0. The van der Waals surface area contributed by atoms with Gasteiger partial charge in [-0.15, -0.1) is 5.92 Å². The average Bonchev–Trinajstić information content (AvgIpc) is 2.33. The molecular weight excluding hydrogens is 236 g/mol. The van der Waals surface area contributed by atoms with E-state index in [-0.39, 0.29) is 6.61 Å². The van der Waals surface area contributed by atoms with Gasteiger partial charge in [-0.25, -0.2) is 17.6 Å². The standard InChI is InChI=1S/C12H9F4O/c1-3-4-5-17-6-8-11(15)9(13)7(2)10(14)12(8)16/h2,5-6H2,1H3. The van der Waals surface area contributed by atoms with E-state index in [4.69, 9.17) is 4.74 Å². The smallest absolute Gasteiger partial charge is 0.167 e. The highest BCUT2D eigenvalue weighted by Gasteiger charge is 2.22. The molecule has 0 saturated carbocycles. The maximum atomic E-state index is 13.3. The van der Waals surface area contributed by atoms with Gasteiger partial charge in [-0.3, -0.25) is 0 Å². The Morgan fingerprint density at radius 1 is 1.06 bits per heavy atom. The quantitative estimate of drug-likeness (QED) is 0.344. The Balaban J connectivity index is 3.02. The Morgan fingerprint density at radius 2 is 1.59 bits per heavy atom. The minimum Gasteiger partial charge on any atom is -0.364 e. The van der Waals surface area contributed by atoms with Gasteiger partial charge < -0.3 is 4.74 Å². The molecule has 91 valence electrons. The van der Waals surface area contributed by atoms with Crippen LogP contribution in [-0.4, -0.2) is 6.61 Å². The minimum absolute atomic E-state index is 0.0786. The highest BCUT2D eigenvalue weighted by atomic mass is 19.2. The van der Waals surface area contributed by atoms with Crippen molar-refractivity contribution in [2.45, 2.75) is 13.5 Å². The first kappa shape index (κ1) is 13.5. The van der Waals surface area contributed by atoms with Crippen LogP contribution < -0.4 is 0 Å². The molecule has 1 aromatic carbocycles. The number of ether oxygens (including phenoxy) is 1. The molecular formula is C12H9F4O. The summed E-state index contributed by atoms with van der Waals surface area (Å²) in [6.07, 6.45) is 0. The zero-order valence-electron chi connectivity index (χ0n) is 9.04. The Morgan fingerprint density at radius 3 is 2.06 bits per heavy atom. The molecule has 1 nitrogen and oxygen atoms in total. The second-order valence-electron chi connectivity index (χ2n) is 3.13. The molecule has 5 heteroatoms. The zero-order valence-corrected chi connectivity index (χ0v) is 9.04. The van der Waals surface area contributed by atoms with E-state index in [1.54, 1.807) is 6.92 Å². The largest absolute Gasteiger partial charge is 0.364 e. The van der Waals surface area contributed by atoms with E-state index in [9.17, 15) is 17.6 Å². The van der Waals surface area contributed by atoms with Crippen molar-refractivity contribution >= 4 is 0 Å². The van der Waals surface area contributed by atoms with Gasteiger partial charge in [-0.05, 0) is 13.8 Å². The Kier molecular flexibility index (Phi) is 4.53. The number of benzene rings is 1. The summed E-state index contributed by atoms with van der Waals surface area (Å²) in [4.78, 5) is 0. The molecule has 1 aromatic rings. The van der Waals surface area contributed by atoms with Gasteiger partial charge in [0.2, 0.25) is 0 Å². The van der Waals surface area contributed by atoms with Gasteiger partial charge in [0.25, 0.3) is 0 Å². The van der Waals surface area contributed by atoms with Crippen LogP contribution >= 0.6 is 0 Å². The van der Waals surface area contributed by atoms with Crippen molar-refractivity contribution in [3.8, 4) is 11.8 Å². The third kappa shape index (κ3) is 2.77. The number of hydrogen-bond donors (Lipinski definition) is 0. The lowest BCUT2D eigenvalue weighted by molar-refractivity contribution is 0.145. The first-order valence-electron chi connectivity index (χ1n) is 4.64. The maximum absolute atomic E-state index is 13.3. The van der Waals surface area contributed by atoms with Crippen molar-refractivity contribution in [1.29, 1.82) is 0 Å². The molecule has 0 N–H and O–H groups in total. The van der Waals surface area contributed by atoms with E-state index < -0.39 is 41.0 Å². The summed E-state index contributed by atoms with van der Waals surface area (Å²) in [6.45, 7) is 3.78. The fraction of sp³-hybridized carbons (Fsp3) is 0.250. The highest BCUT2D eigenvalue weighted by molar-refractivity contribution is 5.31. The Labute approximate surface area is 96.4 Å². The molecule has 1 rings (SSSR count). The Hall–Kier alpha value is -1.54. The topological polar surface area (TPSA) is 9.23 Å². The second kappa shape index (κ2) is 5.69. The summed E-state index contributed by atoms with van der Waals surface area (Å²) in [7, 11) is 0. The van der Waals surface area contributed by atoms with Crippen molar-refractivity contribution in [1.82, 2.24) is 0 Å². The molecule has 0 aliphatic rings. The van der Waals surface area contributed by atoms with Gasteiger partial charge >= 0.3 is 0 Å². The summed E-state index contributed by atoms with van der Waals surface area (Å²) in [5.41, 5.74) is -1.73. The molecule has 0 aliphatic heterocycles. The summed E-state index contributed by atoms with van der Waals surface area (Å²) >= 11 is 0. The predicted octanol–water partition coefficient (Wildman–Crippen LogP) is 2.97. The van der Waals surface area contributed by atoms with Gasteiger partial charge in [0.1, 0.15) is 6.61 Å². The van der Waals surface area contributed by atoms with E-state index in [1.807, 2.05) is 0 Å². The molecule has 0 aliphatic carbocycles. The van der Waals surface area contributed by atoms with Gasteiger partial charge in [-0.1, -0.05) is 5.92 Å². The van der Waals surface area contributed by atoms with Crippen LogP contribution in [0.1, 0.15) is 18.1 Å². The van der Waals surface area contributed by atoms with Crippen molar-refractivity contribution in [2.75, 3.05) is 6.61 Å². The molecule has 17 heavy (non-hydrogen) atoms. The van der Waals surface area contributed by atoms with Crippen LogP contribution in [0.3, 0.4) is 0 Å². The monoisotopic (exact) mass is 245 g/mol. The average molecular weight is 245 g/mol. The first-order valence-corrected chi connectivity index (χ1v) is 4.64. The molecule has 0 bridgehead atoms. The van der Waals surface area contributed by atoms with Crippen molar-refractivity contribution < 1.29 is 22.3 Å². The van der Waals surface area contributed by atoms with Crippen molar-refractivity contribution in [2.24, 2.45) is 0 Å². The third-order valence-electron chi connectivity index (χ3n) is 2.04. The van der Waals surface area contributed by atoms with Crippen molar-refractivity contribution in [3.63, 3.8) is 0 Å². The Bertz CT molecular complexity index is 456. The number of rotatable bonds is 3. The molecule has 0 saturated heterocycles. The lowest BCUT2D eigenvalue weighted by Crippen LogP contribution is -2.08. The molecule has 1 radical (unpaired) electrons. The maximum Gasteiger partial charge on any atom is 0.167 e. The normalized spacial score (nSPS) is 10.0. The van der Waals surface area contributed by atoms with Crippen LogP contribution in [0.5, 0.6) is 0 Å². The summed E-state index contributed by atoms with van der Waals surface area (Å²) < 4.78 is 57.5. The van der Waals surface area contributed by atoms with Gasteiger partial charge in [-0.2, -0.15) is 0 Å². The number of hydrogen-bond acceptors (Lipinski definition) is 1. The van der Waals surface area contributed by atoms with Crippen molar-refractivity contribution in [3.05, 3.63) is 41.3 Å². The van der Waals surface area contributed by atoms with Crippen LogP contribution in [0.25, 0.3) is 0 Å². The minimum atomic E-state index is -1.51. The second-order valence-corrected chi connectivity index (χ2v) is 3.13. The van der Waals surface area contributed by atoms with Crippen LogP contribution in [-0.2, 0) is 11.3 Å². The molecule has 0 fully saturated rings. The first-order chi connectivity index (χ1) is 8.00. The lowest BCUT2D eigenvalue weighted by atomic mass is 10.1. The summed E-state index contributed by atoms with van der Waals surface area (Å²) in [5.74, 6) is -1.02. The molecule has 0 spiro atoms. The zero-order chi connectivity index (χ0) is 13.0. The fourth-order valence-electron chi connectivity index (χ4n) is 1.13. The van der Waals surface area contributed by atoms with E-state index in [0.29, 0.717) is 0 Å². The van der Waals surface area contributed by atoms with Crippen LogP contribution in [0.15, 0.2) is 0 Å². The van der Waals surface area contributed by atoms with Crippen LogP contribution in [0.2, 0.25) is 0 Å². The fourth-order valence-corrected chi connectivity index (χ4v) is 1.13. The molecule has 0 heterocycles. The third-order valence-corrected chi connectivity index (χ3v) is 2.04. The van der Waals surface area contributed by atoms with Crippen LogP contribution in [0, 0.1) is 42.0 Å². The number of halogens is 4. The van der Waals surface area contributed by atoms with Gasteiger partial charge in [0.05, 0.1) is 12.2 Å². The van der Waals surface area contributed by atoms with Gasteiger partial charge in [0, 0.05) is 5.56 Å². The molecule has 0 atom stereocenters. The molecule has 0 amide bonds. The van der Waals surface area contributed by atoms with Crippen LogP contribution in [0.4, 0.5) is 17.6 Å². The van der Waals surface area contributed by atoms with Gasteiger partial charge in [0.15, 0.2) is 23.3 Å². The van der Waals surface area contributed by atoms with E-state index >= 15 is 0 Å². The highest BCUT2D eigenvalue weighted by Crippen LogP contribution is 2.23. The van der Waals surface area contributed by atoms with E-state index in [1.165, 1.54) is 0 Å². The van der Waals surface area contributed by atoms with E-state index in [2.05, 4.69) is 18.8 Å². The summed E-state index contributed by atoms with van der Waals surface area (Å²) in [5, 5.41) is 0. The predicted molar refractivity (Wildman–Crippen MR) is 53.8 cm³/mol. The molecule has 0 unspecified atom stereocenters. The molecule has 0 aromatic heterocycles.